The van der Waals surface area contributed by atoms with Crippen LogP contribution in [0, 0.1) is 12.8 Å². The highest BCUT2D eigenvalue weighted by Gasteiger charge is 2.45. The Morgan fingerprint density at radius 2 is 1.73 bits per heavy atom. The van der Waals surface area contributed by atoms with Crippen LogP contribution in [0.25, 0.3) is 11.2 Å². The molecule has 4 aliphatic rings. The van der Waals surface area contributed by atoms with Gasteiger partial charge < -0.3 is 26.0 Å². The van der Waals surface area contributed by atoms with Crippen molar-refractivity contribution in [3.63, 3.8) is 0 Å². The number of rotatable bonds is 19. The number of carbonyl (C=O) groups is 2. The van der Waals surface area contributed by atoms with Crippen molar-refractivity contribution < 1.29 is 32.2 Å². The number of amides is 1. The van der Waals surface area contributed by atoms with Gasteiger partial charge in [0, 0.05) is 65.3 Å². The number of unbranched alkanes of at least 4 members (excludes halogenated alkanes) is 3. The molecule has 5 aromatic rings. The van der Waals surface area contributed by atoms with Gasteiger partial charge in [-0.1, -0.05) is 75.6 Å². The van der Waals surface area contributed by atoms with Crippen LogP contribution in [0.5, 0.6) is 0 Å². The fourth-order valence-corrected chi connectivity index (χ4v) is 12.5. The number of carboxylic acid groups (broad SMARTS) is 1. The Labute approximate surface area is 451 Å². The monoisotopic (exact) mass is 1060 g/mol. The largest absolute Gasteiger partial charge is 0.480 e. The van der Waals surface area contributed by atoms with Crippen molar-refractivity contribution in [3.05, 3.63) is 158 Å². The molecule has 5 heterocycles. The summed E-state index contributed by atoms with van der Waals surface area (Å²) in [6.45, 7) is 15.4. The van der Waals surface area contributed by atoms with Gasteiger partial charge >= 0.3 is 5.97 Å². The number of nitrogens with one attached hydrogen (secondary N) is 2. The van der Waals surface area contributed by atoms with Crippen molar-refractivity contribution >= 4 is 61.9 Å². The molecule has 6 N–H and O–H groups in total. The third-order valence-electron chi connectivity index (χ3n) is 15.9. The first-order valence-electron chi connectivity index (χ1n) is 27.0. The number of H-pyrrole nitrogens is 1. The summed E-state index contributed by atoms with van der Waals surface area (Å²) < 4.78 is 35.2. The molecule has 3 aliphatic heterocycles. The van der Waals surface area contributed by atoms with Crippen LogP contribution in [-0.2, 0) is 32.3 Å². The first kappa shape index (κ1) is 54.5. The van der Waals surface area contributed by atoms with Gasteiger partial charge in [-0.15, -0.1) is 0 Å². The summed E-state index contributed by atoms with van der Waals surface area (Å²) in [5.41, 5.74) is 18.2. The summed E-state index contributed by atoms with van der Waals surface area (Å²) in [5, 5.41) is 14.0. The summed E-state index contributed by atoms with van der Waals surface area (Å²) in [5.74, 6) is -1.87. The predicted octanol–water partition coefficient (Wildman–Crippen LogP) is 10.1. The number of hydrogen-bond acceptors (Lipinski definition) is 11. The number of nitrogens with zero attached hydrogens (tertiary/aromatic N) is 6. The summed E-state index contributed by atoms with van der Waals surface area (Å²) in [7, 11) is -4.09. The fraction of sp³-hybridized carbons (Fsp3) is 0.417. The molecule has 1 aliphatic carbocycles. The molecule has 1 fully saturated rings. The minimum absolute atomic E-state index is 0.0443. The third kappa shape index (κ3) is 11.7. The van der Waals surface area contributed by atoms with E-state index >= 15 is 0 Å². The van der Waals surface area contributed by atoms with Crippen LogP contribution in [0.3, 0.4) is 0 Å². The van der Waals surface area contributed by atoms with Crippen LogP contribution in [0.1, 0.15) is 132 Å². The standard InChI is InChI=1S/C60H71N9O7S/c1-7-8-11-29-67-48-18-10-9-17-46(48)59(3,4)51(67)27-22-40-15-14-16-41(23-28-52-60(5,6)47-32-38(2)19-26-49(47)68(52)30-12-13-31-77(74,75)76)45(40)33-39-34-50(57(72)73)69(37-39)56(71)42-20-24-43(25-21-42)62-35-44-36-63-54-53(64-44)55(70)66-58(61)65-54/h9-10,17-28,32,36,39,50H,7-8,11-16,29-31,33-35,37H2,1-6H3,(H5-,61,62,63,65,66,70,71,72,73,74,75,76)/p+1/t39?,50-/m0/s1. The molecule has 1 saturated heterocycles. The van der Waals surface area contributed by atoms with Gasteiger partial charge in [-0.3, -0.25) is 19.1 Å². The first-order chi connectivity index (χ1) is 36.7. The van der Waals surface area contributed by atoms with Crippen molar-refractivity contribution in [2.45, 2.75) is 129 Å². The summed E-state index contributed by atoms with van der Waals surface area (Å²) in [4.78, 5) is 59.0. The number of aromatic nitrogens is 4. The number of benzene rings is 3. The van der Waals surface area contributed by atoms with Crippen LogP contribution in [-0.4, -0.2) is 96.5 Å². The van der Waals surface area contributed by atoms with Crippen LogP contribution < -0.4 is 21.5 Å². The fourth-order valence-electron chi connectivity index (χ4n) is 11.9. The molecule has 9 rings (SSSR count). The lowest BCUT2D eigenvalue weighted by Crippen LogP contribution is -2.40. The molecule has 1 unspecified atom stereocenters. The maximum Gasteiger partial charge on any atom is 0.326 e. The highest BCUT2D eigenvalue weighted by molar-refractivity contribution is 7.85. The van der Waals surface area contributed by atoms with E-state index in [9.17, 15) is 32.5 Å². The normalized spacial score (nSPS) is 20.0. The van der Waals surface area contributed by atoms with Crippen LogP contribution in [0.4, 0.5) is 23.0 Å². The Balaban J connectivity index is 1.03. The zero-order valence-electron chi connectivity index (χ0n) is 45.1. The number of anilines is 3. The van der Waals surface area contributed by atoms with Gasteiger partial charge in [0.1, 0.15) is 12.6 Å². The first-order valence-corrected chi connectivity index (χ1v) is 28.6. The second-order valence-corrected chi connectivity index (χ2v) is 23.7. The van der Waals surface area contributed by atoms with E-state index in [0.29, 0.717) is 49.2 Å². The average molecular weight is 1060 g/mol. The molecule has 3 aromatic carbocycles. The lowest BCUT2D eigenvalue weighted by Gasteiger charge is -2.28. The number of nitrogens with two attached hydrogens (primary N) is 1. The molecule has 1 amide bonds. The molecule has 0 saturated carbocycles. The molecule has 2 atom stereocenters. The molecule has 404 valence electrons. The van der Waals surface area contributed by atoms with Crippen molar-refractivity contribution in [1.29, 1.82) is 0 Å². The van der Waals surface area contributed by atoms with Crippen molar-refractivity contribution in [2.75, 3.05) is 41.3 Å². The summed E-state index contributed by atoms with van der Waals surface area (Å²) >= 11 is 0. The molecule has 0 spiro atoms. The smallest absolute Gasteiger partial charge is 0.326 e. The summed E-state index contributed by atoms with van der Waals surface area (Å²) in [6, 6.07) is 21.1. The number of para-hydroxylation sites is 1. The predicted molar refractivity (Wildman–Crippen MR) is 303 cm³/mol. The minimum Gasteiger partial charge on any atom is -0.480 e. The molecule has 0 bridgehead atoms. The Hall–Kier alpha value is -7.24. The van der Waals surface area contributed by atoms with E-state index in [0.717, 1.165) is 62.0 Å². The number of likely N-dealkylation sites (tertiary alicyclic amines) is 1. The van der Waals surface area contributed by atoms with Gasteiger partial charge in [0.25, 0.3) is 21.6 Å². The van der Waals surface area contributed by atoms with E-state index in [4.69, 9.17) is 5.73 Å². The van der Waals surface area contributed by atoms with Crippen molar-refractivity contribution in [1.82, 2.24) is 24.8 Å². The molecular weight excluding hydrogens is 991 g/mol. The van der Waals surface area contributed by atoms with Gasteiger partial charge in [-0.25, -0.2) is 14.8 Å². The number of carboxylic acids is 1. The highest BCUT2D eigenvalue weighted by atomic mass is 32.2. The number of nitrogen functional groups attached to an aromatic ring is 1. The van der Waals surface area contributed by atoms with E-state index in [1.165, 1.54) is 50.3 Å². The van der Waals surface area contributed by atoms with E-state index in [1.54, 1.807) is 24.3 Å². The van der Waals surface area contributed by atoms with Crippen molar-refractivity contribution in [2.24, 2.45) is 5.92 Å². The number of hydrogen-bond donors (Lipinski definition) is 5. The zero-order chi connectivity index (χ0) is 54.8. The number of allylic oxidation sites excluding steroid dienone is 8. The molecule has 77 heavy (non-hydrogen) atoms. The topological polar surface area (TPSA) is 228 Å². The van der Waals surface area contributed by atoms with Gasteiger partial charge in [0.2, 0.25) is 11.6 Å². The Morgan fingerprint density at radius 1 is 0.948 bits per heavy atom. The third-order valence-corrected chi connectivity index (χ3v) is 16.7. The molecule has 17 heteroatoms. The zero-order valence-corrected chi connectivity index (χ0v) is 45.9. The minimum atomic E-state index is -4.09. The second kappa shape index (κ2) is 22.4. The van der Waals surface area contributed by atoms with E-state index in [-0.39, 0.29) is 58.6 Å². The average Bonchev–Trinajstić information content (AvgIpc) is 3.98. The maximum atomic E-state index is 14.4. The van der Waals surface area contributed by atoms with Crippen molar-refractivity contribution in [3.8, 4) is 0 Å². The Morgan fingerprint density at radius 3 is 2.48 bits per heavy atom. The number of aliphatic carboxylic acids is 1. The second-order valence-electron chi connectivity index (χ2n) is 22.1. The number of fused-ring (bicyclic) bond motifs is 3. The Bertz CT molecular complexity index is 3450. The van der Waals surface area contributed by atoms with Gasteiger partial charge in [-0.2, -0.15) is 18.0 Å². The van der Waals surface area contributed by atoms with E-state index in [2.05, 4.69) is 143 Å². The maximum absolute atomic E-state index is 14.4. The molecule has 2 aromatic heterocycles. The lowest BCUT2D eigenvalue weighted by molar-refractivity contribution is -0.438. The van der Waals surface area contributed by atoms with Gasteiger partial charge in [0.15, 0.2) is 16.9 Å². The number of aryl methyl sites for hydroxylation is 1. The van der Waals surface area contributed by atoms with Crippen LogP contribution in [0.15, 0.2) is 124 Å². The van der Waals surface area contributed by atoms with E-state index < -0.39 is 27.7 Å². The number of carbonyl (C=O) groups excluding carboxylic acids is 1. The van der Waals surface area contributed by atoms with E-state index in [1.807, 2.05) is 0 Å². The molecule has 16 nitrogen and oxygen atoms in total. The SMILES string of the molecule is CCCCCN1/C(=C/C=C2\CCCC(/C=C/C3=[N+](CCCCS(=O)(=O)O)c4ccc(C)cc4C3(C)C)=C2CC2C[C@@H](C(=O)O)N(C(=O)c3ccc(NCc4cnc5nc(N)[nH]c(=O)c5n4)cc3)C2)C(C)(C)c2ccccc21. The molecule has 0 radical (unpaired) electrons. The quantitative estimate of drug-likeness (QED) is 0.0295. The number of aromatic amines is 1. The van der Waals surface area contributed by atoms with Crippen LogP contribution in [0.2, 0.25) is 0 Å². The van der Waals surface area contributed by atoms with Gasteiger partial charge in [0.05, 0.1) is 29.6 Å². The van der Waals surface area contributed by atoms with Gasteiger partial charge in [-0.05, 0) is 136 Å². The highest BCUT2D eigenvalue weighted by Crippen LogP contribution is 2.48. The Kier molecular flexibility index (Phi) is 15.9. The molecular formula is C60H72N9O7S+. The lowest BCUT2D eigenvalue weighted by atomic mass is 9.79. The summed E-state index contributed by atoms with van der Waals surface area (Å²) in [6.07, 6.45) is 18.4. The van der Waals surface area contributed by atoms with Crippen LogP contribution >= 0.6 is 0 Å².